The number of aliphatic hydroxyl groups excluding tert-OH is 1. The molecule has 0 saturated carbocycles. The molecule has 1 fully saturated rings. The lowest BCUT2D eigenvalue weighted by Gasteiger charge is -2.36. The van der Waals surface area contributed by atoms with Crippen LogP contribution >= 0.6 is 0 Å². The monoisotopic (exact) mass is 320 g/mol. The number of piperidine rings is 1. The van der Waals surface area contributed by atoms with Crippen molar-refractivity contribution < 1.29 is 14.6 Å². The second-order valence-electron chi connectivity index (χ2n) is 6.06. The Kier molecular flexibility index (Phi) is 7.36. The van der Waals surface area contributed by atoms with Gasteiger partial charge in [0.25, 0.3) is 0 Å². The van der Waals surface area contributed by atoms with Crippen molar-refractivity contribution in [1.29, 1.82) is 0 Å². The van der Waals surface area contributed by atoms with Gasteiger partial charge in [0.05, 0.1) is 0 Å². The van der Waals surface area contributed by atoms with Gasteiger partial charge in [0, 0.05) is 25.7 Å². The summed E-state index contributed by atoms with van der Waals surface area (Å²) in [7, 11) is 0. The Hall–Kier alpha value is -1.59. The van der Waals surface area contributed by atoms with Gasteiger partial charge in [-0.25, -0.2) is 4.79 Å². The molecule has 1 aliphatic heterocycles. The lowest BCUT2D eigenvalue weighted by molar-refractivity contribution is 0.0714. The predicted molar refractivity (Wildman–Crippen MR) is 90.1 cm³/mol. The van der Waals surface area contributed by atoms with Crippen molar-refractivity contribution in [3.8, 4) is 0 Å². The molecular weight excluding hydrogens is 292 g/mol. The van der Waals surface area contributed by atoms with Crippen molar-refractivity contribution in [2.24, 2.45) is 5.92 Å². The summed E-state index contributed by atoms with van der Waals surface area (Å²) >= 11 is 0. The van der Waals surface area contributed by atoms with E-state index in [-0.39, 0.29) is 18.7 Å². The molecule has 1 heterocycles. The number of likely N-dealkylation sites (tertiary alicyclic amines) is 1. The quantitative estimate of drug-likeness (QED) is 0.810. The first-order valence-electron chi connectivity index (χ1n) is 8.54. The predicted octanol–water partition coefficient (Wildman–Crippen LogP) is 2.40. The number of nitrogens with one attached hydrogen (secondary N) is 1. The topological polar surface area (TPSA) is 61.8 Å². The second kappa shape index (κ2) is 9.53. The zero-order valence-electron chi connectivity index (χ0n) is 13.9. The Morgan fingerprint density at radius 3 is 2.91 bits per heavy atom. The highest BCUT2D eigenvalue weighted by Gasteiger charge is 2.29. The highest BCUT2D eigenvalue weighted by Crippen LogP contribution is 2.22. The highest BCUT2D eigenvalue weighted by molar-refractivity contribution is 5.67. The fourth-order valence-corrected chi connectivity index (χ4v) is 3.22. The van der Waals surface area contributed by atoms with Crippen LogP contribution in [0.4, 0.5) is 4.79 Å². The van der Waals surface area contributed by atoms with Crippen LogP contribution in [0.3, 0.4) is 0 Å². The van der Waals surface area contributed by atoms with Crippen LogP contribution < -0.4 is 5.32 Å². The Bertz CT molecular complexity index is 461. The van der Waals surface area contributed by atoms with Gasteiger partial charge in [0.1, 0.15) is 6.61 Å². The molecule has 0 spiro atoms. The fraction of sp³-hybridized carbons (Fsp3) is 0.611. The fourth-order valence-electron chi connectivity index (χ4n) is 3.22. The SMILES string of the molecule is CCN[C@H](CCO)[C@@H]1CCCN(C(=O)OCc2ccccc2)C1. The van der Waals surface area contributed by atoms with Gasteiger partial charge in [-0.15, -0.1) is 0 Å². The maximum absolute atomic E-state index is 12.3. The van der Waals surface area contributed by atoms with E-state index in [2.05, 4.69) is 12.2 Å². The van der Waals surface area contributed by atoms with E-state index in [1.807, 2.05) is 30.3 Å². The van der Waals surface area contributed by atoms with E-state index in [0.717, 1.165) is 37.9 Å². The van der Waals surface area contributed by atoms with Crippen molar-refractivity contribution in [2.75, 3.05) is 26.2 Å². The minimum Gasteiger partial charge on any atom is -0.445 e. The summed E-state index contributed by atoms with van der Waals surface area (Å²) in [5.41, 5.74) is 1.00. The number of aliphatic hydroxyl groups is 1. The molecule has 0 radical (unpaired) electrons. The van der Waals surface area contributed by atoms with E-state index in [9.17, 15) is 9.90 Å². The first-order chi connectivity index (χ1) is 11.2. The average Bonchev–Trinajstić information content (AvgIpc) is 2.60. The van der Waals surface area contributed by atoms with Gasteiger partial charge >= 0.3 is 6.09 Å². The Balaban J connectivity index is 1.85. The van der Waals surface area contributed by atoms with E-state index in [1.54, 1.807) is 4.90 Å². The lowest BCUT2D eigenvalue weighted by atomic mass is 9.89. The van der Waals surface area contributed by atoms with Crippen LogP contribution in [-0.4, -0.2) is 48.4 Å². The third-order valence-electron chi connectivity index (χ3n) is 4.40. The molecule has 23 heavy (non-hydrogen) atoms. The van der Waals surface area contributed by atoms with Crippen molar-refractivity contribution in [2.45, 2.75) is 38.8 Å². The number of ether oxygens (including phenoxy) is 1. The number of carbonyl (C=O) groups is 1. The maximum Gasteiger partial charge on any atom is 0.410 e. The van der Waals surface area contributed by atoms with Crippen LogP contribution in [-0.2, 0) is 11.3 Å². The summed E-state index contributed by atoms with van der Waals surface area (Å²) in [6.45, 7) is 4.88. The number of hydrogen-bond donors (Lipinski definition) is 2. The summed E-state index contributed by atoms with van der Waals surface area (Å²) in [5, 5.41) is 12.7. The molecule has 128 valence electrons. The minimum absolute atomic E-state index is 0.173. The summed E-state index contributed by atoms with van der Waals surface area (Å²) in [6.07, 6.45) is 2.56. The number of carbonyl (C=O) groups excluding carboxylic acids is 1. The zero-order chi connectivity index (χ0) is 16.5. The van der Waals surface area contributed by atoms with Crippen molar-refractivity contribution >= 4 is 6.09 Å². The van der Waals surface area contributed by atoms with E-state index >= 15 is 0 Å². The van der Waals surface area contributed by atoms with Crippen LogP contribution in [0.2, 0.25) is 0 Å². The van der Waals surface area contributed by atoms with Gasteiger partial charge < -0.3 is 20.1 Å². The molecule has 1 amide bonds. The Morgan fingerprint density at radius 1 is 1.43 bits per heavy atom. The lowest BCUT2D eigenvalue weighted by Crippen LogP contribution is -2.48. The first kappa shape index (κ1) is 17.8. The van der Waals surface area contributed by atoms with Gasteiger partial charge in [0.2, 0.25) is 0 Å². The van der Waals surface area contributed by atoms with Crippen LogP contribution in [0.15, 0.2) is 30.3 Å². The third-order valence-corrected chi connectivity index (χ3v) is 4.40. The molecule has 5 nitrogen and oxygen atoms in total. The third kappa shape index (κ3) is 5.52. The van der Waals surface area contributed by atoms with Crippen LogP contribution in [0, 0.1) is 5.92 Å². The summed E-state index contributed by atoms with van der Waals surface area (Å²) in [5.74, 6) is 0.375. The number of nitrogens with zero attached hydrogens (tertiary/aromatic N) is 1. The number of benzene rings is 1. The molecule has 0 bridgehead atoms. The normalized spacial score (nSPS) is 19.4. The smallest absolute Gasteiger partial charge is 0.410 e. The van der Waals surface area contributed by atoms with Crippen LogP contribution in [0.5, 0.6) is 0 Å². The molecule has 0 aromatic heterocycles. The van der Waals surface area contributed by atoms with E-state index < -0.39 is 0 Å². The molecule has 5 heteroatoms. The average molecular weight is 320 g/mol. The van der Waals surface area contributed by atoms with Gasteiger partial charge in [-0.3, -0.25) is 0 Å². The Morgan fingerprint density at radius 2 is 2.22 bits per heavy atom. The van der Waals surface area contributed by atoms with Crippen LogP contribution in [0.1, 0.15) is 31.7 Å². The Labute approximate surface area is 138 Å². The van der Waals surface area contributed by atoms with Crippen LogP contribution in [0.25, 0.3) is 0 Å². The largest absolute Gasteiger partial charge is 0.445 e. The van der Waals surface area contributed by atoms with E-state index in [4.69, 9.17) is 4.74 Å². The van der Waals surface area contributed by atoms with Gasteiger partial charge in [-0.2, -0.15) is 0 Å². The minimum atomic E-state index is -0.238. The van der Waals surface area contributed by atoms with E-state index in [1.165, 1.54) is 0 Å². The molecule has 2 rings (SSSR count). The summed E-state index contributed by atoms with van der Waals surface area (Å²) in [4.78, 5) is 14.1. The van der Waals surface area contributed by atoms with Crippen molar-refractivity contribution in [1.82, 2.24) is 10.2 Å². The number of amides is 1. The molecule has 0 unspecified atom stereocenters. The van der Waals surface area contributed by atoms with E-state index in [0.29, 0.717) is 19.1 Å². The second-order valence-corrected chi connectivity index (χ2v) is 6.06. The first-order valence-corrected chi connectivity index (χ1v) is 8.54. The highest BCUT2D eigenvalue weighted by atomic mass is 16.6. The molecule has 1 saturated heterocycles. The van der Waals surface area contributed by atoms with Gasteiger partial charge in [0.15, 0.2) is 0 Å². The zero-order valence-corrected chi connectivity index (χ0v) is 13.9. The molecule has 2 atom stereocenters. The number of rotatable bonds is 7. The standard InChI is InChI=1S/C18H28N2O3/c1-2-19-17(10-12-21)16-9-6-11-20(13-16)18(22)23-14-15-7-4-3-5-8-15/h3-5,7-8,16-17,19,21H,2,6,9-14H2,1H3/t16-,17-/m1/s1. The van der Waals surface area contributed by atoms with Gasteiger partial charge in [-0.1, -0.05) is 37.3 Å². The maximum atomic E-state index is 12.3. The number of hydrogen-bond acceptors (Lipinski definition) is 4. The molecule has 2 N–H and O–H groups in total. The molecule has 1 aromatic rings. The van der Waals surface area contributed by atoms with Crippen molar-refractivity contribution in [3.05, 3.63) is 35.9 Å². The molecule has 0 aliphatic carbocycles. The van der Waals surface area contributed by atoms with Crippen molar-refractivity contribution in [3.63, 3.8) is 0 Å². The molecule has 1 aliphatic rings. The van der Waals surface area contributed by atoms with Gasteiger partial charge in [-0.05, 0) is 37.3 Å². The molecular formula is C18H28N2O3. The summed E-state index contributed by atoms with van der Waals surface area (Å²) < 4.78 is 5.43. The summed E-state index contributed by atoms with van der Waals surface area (Å²) in [6, 6.07) is 9.99. The molecule has 1 aromatic carbocycles.